The Morgan fingerprint density at radius 3 is 2.60 bits per heavy atom. The number of esters is 1. The molecule has 30 heavy (non-hydrogen) atoms. The number of fused-ring (bicyclic) bond motifs is 1. The van der Waals surface area contributed by atoms with E-state index < -0.39 is 0 Å². The molecule has 0 radical (unpaired) electrons. The third kappa shape index (κ3) is 7.87. The number of likely N-dealkylation sites (N-methyl/N-ethyl adjacent to an activating group) is 1. The highest BCUT2D eigenvalue weighted by Crippen LogP contribution is 2.25. The Bertz CT molecular complexity index is 856. The first kappa shape index (κ1) is 23.4. The van der Waals surface area contributed by atoms with Crippen molar-refractivity contribution in [1.82, 2.24) is 10.2 Å². The smallest absolute Gasteiger partial charge is 0.305 e. The van der Waals surface area contributed by atoms with Gasteiger partial charge in [-0.15, -0.1) is 0 Å². The summed E-state index contributed by atoms with van der Waals surface area (Å²) in [7, 11) is 5.32. The van der Waals surface area contributed by atoms with Gasteiger partial charge in [-0.1, -0.05) is 42.5 Å². The number of hydrogen-bond acceptors (Lipinski definition) is 5. The topological polar surface area (TPSA) is 67.9 Å². The highest BCUT2D eigenvalue weighted by molar-refractivity contribution is 5.94. The van der Waals surface area contributed by atoms with Crippen molar-refractivity contribution in [3.05, 3.63) is 54.1 Å². The molecule has 0 saturated carbocycles. The summed E-state index contributed by atoms with van der Waals surface area (Å²) in [5.41, 5.74) is 0.597. The first-order chi connectivity index (χ1) is 14.5. The first-order valence-corrected chi connectivity index (χ1v) is 10.3. The van der Waals surface area contributed by atoms with Crippen molar-refractivity contribution in [1.29, 1.82) is 0 Å². The van der Waals surface area contributed by atoms with Gasteiger partial charge in [-0.05, 0) is 44.8 Å². The molecule has 0 heterocycles. The summed E-state index contributed by atoms with van der Waals surface area (Å²) >= 11 is 0. The second kappa shape index (κ2) is 12.6. The van der Waals surface area contributed by atoms with E-state index in [4.69, 9.17) is 4.74 Å². The number of methoxy groups -OCH3 is 1. The molecule has 0 aliphatic carbocycles. The molecule has 0 aliphatic heterocycles. The van der Waals surface area contributed by atoms with E-state index in [1.165, 1.54) is 7.11 Å². The summed E-state index contributed by atoms with van der Waals surface area (Å²) < 4.78 is 10.7. The Balaban J connectivity index is 2.01. The molecule has 6 heteroatoms. The molecule has 0 aliphatic rings. The summed E-state index contributed by atoms with van der Waals surface area (Å²) in [5.74, 6) is 0.427. The van der Waals surface area contributed by atoms with Gasteiger partial charge < -0.3 is 19.7 Å². The normalized spacial score (nSPS) is 11.5. The Morgan fingerprint density at radius 1 is 1.07 bits per heavy atom. The molecule has 0 saturated heterocycles. The minimum Gasteiger partial charge on any atom is -0.488 e. The number of rotatable bonds is 12. The fourth-order valence-electron chi connectivity index (χ4n) is 2.99. The molecule has 1 amide bonds. The van der Waals surface area contributed by atoms with Crippen LogP contribution in [0.5, 0.6) is 5.75 Å². The zero-order valence-electron chi connectivity index (χ0n) is 18.1. The lowest BCUT2D eigenvalue weighted by Gasteiger charge is -2.14. The molecule has 2 aromatic carbocycles. The van der Waals surface area contributed by atoms with Crippen LogP contribution in [0.2, 0.25) is 0 Å². The lowest BCUT2D eigenvalue weighted by Crippen LogP contribution is -2.33. The number of benzene rings is 2. The van der Waals surface area contributed by atoms with E-state index in [2.05, 4.69) is 10.1 Å². The standard InChI is InChI=1S/C24H32N2O4/c1-26(2)17-16-25-24(28)20(11-5-4-6-15-23(27)29-3)18-30-22-14-9-12-19-10-7-8-13-21(19)22/h7-14H,4-6,15-18H2,1-3H3,(H,25,28)/b20-11+. The van der Waals surface area contributed by atoms with Gasteiger partial charge in [0.05, 0.1) is 12.7 Å². The van der Waals surface area contributed by atoms with Gasteiger partial charge in [0.15, 0.2) is 0 Å². The second-order valence-corrected chi connectivity index (χ2v) is 7.38. The van der Waals surface area contributed by atoms with Crippen molar-refractivity contribution in [2.75, 3.05) is 40.9 Å². The SMILES string of the molecule is COC(=O)CCCC/C=C(\COc1cccc2ccccc12)C(=O)NCCN(C)C. The number of nitrogens with zero attached hydrogens (tertiary/aromatic N) is 1. The molecule has 6 nitrogen and oxygen atoms in total. The van der Waals surface area contributed by atoms with Crippen molar-refractivity contribution >= 4 is 22.6 Å². The average molecular weight is 413 g/mol. The van der Waals surface area contributed by atoms with Crippen LogP contribution in [0.1, 0.15) is 25.7 Å². The molecular weight excluding hydrogens is 380 g/mol. The van der Waals surface area contributed by atoms with Gasteiger partial charge in [0.1, 0.15) is 12.4 Å². The number of ether oxygens (including phenoxy) is 2. The van der Waals surface area contributed by atoms with E-state index in [0.717, 1.165) is 35.9 Å². The lowest BCUT2D eigenvalue weighted by molar-refractivity contribution is -0.140. The molecule has 0 aromatic heterocycles. The molecule has 0 bridgehead atoms. The lowest BCUT2D eigenvalue weighted by atomic mass is 10.1. The summed E-state index contributed by atoms with van der Waals surface area (Å²) in [6.07, 6.45) is 4.53. The van der Waals surface area contributed by atoms with E-state index in [-0.39, 0.29) is 18.5 Å². The Kier molecular flexibility index (Phi) is 9.87. The fraction of sp³-hybridized carbons (Fsp3) is 0.417. The summed E-state index contributed by atoms with van der Waals surface area (Å²) in [6, 6.07) is 13.9. The van der Waals surface area contributed by atoms with E-state index in [9.17, 15) is 9.59 Å². The van der Waals surface area contributed by atoms with Crippen LogP contribution in [-0.4, -0.2) is 57.7 Å². The van der Waals surface area contributed by atoms with Gasteiger partial charge in [0.25, 0.3) is 0 Å². The van der Waals surface area contributed by atoms with Gasteiger partial charge in [0, 0.05) is 24.9 Å². The number of unbranched alkanes of at least 4 members (excludes halogenated alkanes) is 2. The predicted octanol–water partition coefficient (Wildman–Crippen LogP) is 3.56. The summed E-state index contributed by atoms with van der Waals surface area (Å²) in [6.45, 7) is 1.53. The monoisotopic (exact) mass is 412 g/mol. The quantitative estimate of drug-likeness (QED) is 0.328. The highest BCUT2D eigenvalue weighted by atomic mass is 16.5. The van der Waals surface area contributed by atoms with E-state index in [1.54, 1.807) is 0 Å². The minimum absolute atomic E-state index is 0.120. The van der Waals surface area contributed by atoms with Gasteiger partial charge in [-0.3, -0.25) is 9.59 Å². The largest absolute Gasteiger partial charge is 0.488 e. The molecule has 1 N–H and O–H groups in total. The van der Waals surface area contributed by atoms with Crippen LogP contribution in [0.3, 0.4) is 0 Å². The number of carbonyl (C=O) groups excluding carboxylic acids is 2. The zero-order valence-corrected chi connectivity index (χ0v) is 18.1. The van der Waals surface area contributed by atoms with Crippen molar-refractivity contribution in [3.8, 4) is 5.75 Å². The van der Waals surface area contributed by atoms with Crippen LogP contribution < -0.4 is 10.1 Å². The van der Waals surface area contributed by atoms with Gasteiger partial charge in [-0.2, -0.15) is 0 Å². The van der Waals surface area contributed by atoms with Crippen LogP contribution in [0.25, 0.3) is 10.8 Å². The third-order valence-electron chi connectivity index (χ3n) is 4.72. The maximum absolute atomic E-state index is 12.7. The van der Waals surface area contributed by atoms with Crippen LogP contribution in [0.15, 0.2) is 54.1 Å². The van der Waals surface area contributed by atoms with Crippen molar-refractivity contribution < 1.29 is 19.1 Å². The van der Waals surface area contributed by atoms with E-state index in [1.807, 2.05) is 67.5 Å². The zero-order chi connectivity index (χ0) is 21.8. The predicted molar refractivity (Wildman–Crippen MR) is 120 cm³/mol. The Labute approximate surface area is 178 Å². The number of amides is 1. The van der Waals surface area contributed by atoms with E-state index >= 15 is 0 Å². The van der Waals surface area contributed by atoms with E-state index in [0.29, 0.717) is 25.0 Å². The third-order valence-corrected chi connectivity index (χ3v) is 4.72. The number of allylic oxidation sites excluding steroid dienone is 1. The summed E-state index contributed by atoms with van der Waals surface area (Å²) in [4.78, 5) is 25.9. The molecule has 0 fully saturated rings. The molecular formula is C24H32N2O4. The maximum atomic E-state index is 12.7. The highest BCUT2D eigenvalue weighted by Gasteiger charge is 2.11. The van der Waals surface area contributed by atoms with Crippen LogP contribution in [0, 0.1) is 0 Å². The number of hydrogen-bond donors (Lipinski definition) is 1. The minimum atomic E-state index is -0.208. The maximum Gasteiger partial charge on any atom is 0.305 e. The van der Waals surface area contributed by atoms with Crippen molar-refractivity contribution in [2.45, 2.75) is 25.7 Å². The Hall–Kier alpha value is -2.86. The van der Waals surface area contributed by atoms with Gasteiger partial charge in [-0.25, -0.2) is 0 Å². The van der Waals surface area contributed by atoms with Crippen LogP contribution in [-0.2, 0) is 14.3 Å². The molecule has 2 aromatic rings. The Morgan fingerprint density at radius 2 is 1.83 bits per heavy atom. The number of carbonyl (C=O) groups is 2. The fourth-order valence-corrected chi connectivity index (χ4v) is 2.99. The second-order valence-electron chi connectivity index (χ2n) is 7.38. The molecule has 162 valence electrons. The van der Waals surface area contributed by atoms with Crippen molar-refractivity contribution in [2.24, 2.45) is 0 Å². The molecule has 2 rings (SSSR count). The van der Waals surface area contributed by atoms with Gasteiger partial charge in [0.2, 0.25) is 5.91 Å². The van der Waals surface area contributed by atoms with Crippen LogP contribution in [0.4, 0.5) is 0 Å². The van der Waals surface area contributed by atoms with Crippen LogP contribution >= 0.6 is 0 Å². The molecule has 0 unspecified atom stereocenters. The molecule has 0 spiro atoms. The average Bonchev–Trinajstić information content (AvgIpc) is 2.75. The first-order valence-electron chi connectivity index (χ1n) is 10.3. The van der Waals surface area contributed by atoms with Gasteiger partial charge >= 0.3 is 5.97 Å². The van der Waals surface area contributed by atoms with Crippen molar-refractivity contribution in [3.63, 3.8) is 0 Å². The summed E-state index contributed by atoms with van der Waals surface area (Å²) in [5, 5.41) is 5.07. The molecule has 0 atom stereocenters. The number of nitrogens with one attached hydrogen (secondary N) is 1.